The summed E-state index contributed by atoms with van der Waals surface area (Å²) in [7, 11) is 1.56. The first-order valence-electron chi connectivity index (χ1n) is 8.31. The molecule has 0 atom stereocenters. The molecule has 0 bridgehead atoms. The zero-order valence-electron chi connectivity index (χ0n) is 15.3. The zero-order valence-corrected chi connectivity index (χ0v) is 18.5. The maximum Gasteiger partial charge on any atom is 0.191 e. The summed E-state index contributed by atoms with van der Waals surface area (Å²) in [5, 5.41) is 9.68. The van der Waals surface area contributed by atoms with Gasteiger partial charge >= 0.3 is 0 Å². The Hall–Kier alpha value is -1.26. The molecule has 2 aromatic rings. The van der Waals surface area contributed by atoms with E-state index in [1.807, 2.05) is 13.8 Å². The molecule has 2 N–H and O–H groups in total. The van der Waals surface area contributed by atoms with Gasteiger partial charge in [-0.05, 0) is 31.5 Å². The second-order valence-corrected chi connectivity index (χ2v) is 6.65. The molecule has 1 aromatic carbocycles. The van der Waals surface area contributed by atoms with Gasteiger partial charge in [-0.1, -0.05) is 6.07 Å². The maximum absolute atomic E-state index is 13.7. The molecule has 26 heavy (non-hydrogen) atoms. The summed E-state index contributed by atoms with van der Waals surface area (Å²) in [6.07, 6.45) is 0.850. The van der Waals surface area contributed by atoms with Crippen LogP contribution in [0.2, 0.25) is 0 Å². The molecule has 0 radical (unpaired) electrons. The highest BCUT2D eigenvalue weighted by atomic mass is 127. The third-order valence-electron chi connectivity index (χ3n) is 3.51. The largest absolute Gasteiger partial charge is 0.380 e. The van der Waals surface area contributed by atoms with Gasteiger partial charge in [-0.3, -0.25) is 0 Å². The van der Waals surface area contributed by atoms with Crippen LogP contribution in [0.4, 0.5) is 4.39 Å². The minimum absolute atomic E-state index is 0. The number of hydrogen-bond donors (Lipinski definition) is 2. The number of aryl methyl sites for hydroxylation is 1. The second-order valence-electron chi connectivity index (χ2n) is 5.59. The molecule has 0 amide bonds. The Morgan fingerprint density at radius 1 is 1.35 bits per heavy atom. The molecule has 0 saturated heterocycles. The van der Waals surface area contributed by atoms with Crippen molar-refractivity contribution in [1.29, 1.82) is 0 Å². The van der Waals surface area contributed by atoms with Crippen LogP contribution in [0.3, 0.4) is 0 Å². The Balaban J connectivity index is 0.00000338. The van der Waals surface area contributed by atoms with Gasteiger partial charge in [0.25, 0.3) is 0 Å². The van der Waals surface area contributed by atoms with Crippen LogP contribution < -0.4 is 10.6 Å². The number of guanidine groups is 1. The number of aliphatic imine (C=N–C) groups is 1. The van der Waals surface area contributed by atoms with Crippen LogP contribution in [0.5, 0.6) is 0 Å². The molecule has 0 saturated carbocycles. The minimum Gasteiger partial charge on any atom is -0.380 e. The molecule has 0 aliphatic carbocycles. The average molecular weight is 492 g/mol. The number of halogens is 2. The lowest BCUT2D eigenvalue weighted by Gasteiger charge is -2.11. The van der Waals surface area contributed by atoms with Crippen molar-refractivity contribution in [3.8, 4) is 0 Å². The number of rotatable bonds is 8. The molecule has 1 aromatic heterocycles. The van der Waals surface area contributed by atoms with E-state index in [-0.39, 0.29) is 36.4 Å². The van der Waals surface area contributed by atoms with Gasteiger partial charge in [0.2, 0.25) is 0 Å². The first-order chi connectivity index (χ1) is 12.1. The van der Waals surface area contributed by atoms with Gasteiger partial charge in [0, 0.05) is 37.6 Å². The number of nitrogens with zero attached hydrogens (tertiary/aromatic N) is 2. The molecule has 2 rings (SSSR count). The Morgan fingerprint density at radius 2 is 2.15 bits per heavy atom. The van der Waals surface area contributed by atoms with Gasteiger partial charge in [-0.2, -0.15) is 0 Å². The monoisotopic (exact) mass is 492 g/mol. The van der Waals surface area contributed by atoms with Crippen LogP contribution in [0.15, 0.2) is 28.6 Å². The van der Waals surface area contributed by atoms with Crippen molar-refractivity contribution in [2.45, 2.75) is 33.4 Å². The highest BCUT2D eigenvalue weighted by molar-refractivity contribution is 14.0. The number of nitrogens with one attached hydrogen (secondary N) is 2. The van der Waals surface area contributed by atoms with Gasteiger partial charge in [0.1, 0.15) is 5.82 Å². The van der Waals surface area contributed by atoms with E-state index in [2.05, 4.69) is 26.0 Å². The molecule has 0 unspecified atom stereocenters. The normalized spacial score (nSPS) is 11.2. The molecule has 5 nitrogen and oxygen atoms in total. The standard InChI is InChI=1S/C18H25FN4OS.HI/c1-4-20-18(21-8-7-16-12-25-13(2)23-16)22-10-14-5-6-17(19)15(9-14)11-24-3;/h5-6,9,12H,4,7-8,10-11H2,1-3H3,(H2,20,21,22);1H. The first kappa shape index (κ1) is 22.8. The van der Waals surface area contributed by atoms with E-state index in [1.54, 1.807) is 30.6 Å². The van der Waals surface area contributed by atoms with Gasteiger partial charge in [0.05, 0.1) is 23.9 Å². The summed E-state index contributed by atoms with van der Waals surface area (Å²) >= 11 is 1.66. The molecular formula is C18H26FIN4OS. The topological polar surface area (TPSA) is 58.5 Å². The number of thiazole rings is 1. The molecule has 0 fully saturated rings. The quantitative estimate of drug-likeness (QED) is 0.336. The molecule has 144 valence electrons. The van der Waals surface area contributed by atoms with E-state index >= 15 is 0 Å². The maximum atomic E-state index is 13.7. The van der Waals surface area contributed by atoms with Crippen LogP contribution in [-0.2, 0) is 24.3 Å². The predicted octanol–water partition coefficient (Wildman–Crippen LogP) is 3.65. The van der Waals surface area contributed by atoms with Crippen molar-refractivity contribution in [2.24, 2.45) is 4.99 Å². The smallest absolute Gasteiger partial charge is 0.191 e. The number of hydrogen-bond acceptors (Lipinski definition) is 4. The van der Waals surface area contributed by atoms with Crippen molar-refractivity contribution in [2.75, 3.05) is 20.2 Å². The van der Waals surface area contributed by atoms with E-state index in [1.165, 1.54) is 6.07 Å². The summed E-state index contributed by atoms with van der Waals surface area (Å²) in [6, 6.07) is 5.01. The van der Waals surface area contributed by atoms with Crippen molar-refractivity contribution in [3.63, 3.8) is 0 Å². The van der Waals surface area contributed by atoms with E-state index < -0.39 is 0 Å². The number of benzene rings is 1. The molecular weight excluding hydrogens is 466 g/mol. The Labute approximate surface area is 175 Å². The zero-order chi connectivity index (χ0) is 18.1. The van der Waals surface area contributed by atoms with Crippen LogP contribution >= 0.6 is 35.3 Å². The molecule has 0 aliphatic heterocycles. The van der Waals surface area contributed by atoms with Crippen LogP contribution in [-0.4, -0.2) is 31.1 Å². The fourth-order valence-corrected chi connectivity index (χ4v) is 2.98. The van der Waals surface area contributed by atoms with Crippen LogP contribution in [0.25, 0.3) is 0 Å². The summed E-state index contributed by atoms with van der Waals surface area (Å²) in [5.74, 6) is 0.491. The lowest BCUT2D eigenvalue weighted by atomic mass is 10.1. The summed E-state index contributed by atoms with van der Waals surface area (Å²) in [6.45, 7) is 6.30. The highest BCUT2D eigenvalue weighted by Gasteiger charge is 2.04. The molecule has 0 aliphatic rings. The lowest BCUT2D eigenvalue weighted by Crippen LogP contribution is -2.38. The van der Waals surface area contributed by atoms with E-state index in [9.17, 15) is 4.39 Å². The predicted molar refractivity (Wildman–Crippen MR) is 116 cm³/mol. The Kier molecular flexibility index (Phi) is 10.7. The van der Waals surface area contributed by atoms with Gasteiger partial charge in [-0.25, -0.2) is 14.4 Å². The van der Waals surface area contributed by atoms with Gasteiger partial charge in [0.15, 0.2) is 5.96 Å². The molecule has 0 spiro atoms. The number of aromatic nitrogens is 1. The van der Waals surface area contributed by atoms with Gasteiger partial charge in [-0.15, -0.1) is 35.3 Å². The van der Waals surface area contributed by atoms with E-state index in [0.29, 0.717) is 12.1 Å². The molecule has 1 heterocycles. The van der Waals surface area contributed by atoms with E-state index in [4.69, 9.17) is 4.74 Å². The Bertz CT molecular complexity index is 708. The van der Waals surface area contributed by atoms with Crippen molar-refractivity contribution < 1.29 is 9.13 Å². The first-order valence-corrected chi connectivity index (χ1v) is 9.19. The summed E-state index contributed by atoms with van der Waals surface area (Å²) < 4.78 is 18.7. The third kappa shape index (κ3) is 7.55. The SMILES string of the molecule is CCNC(=NCc1ccc(F)c(COC)c1)NCCc1csc(C)n1.I. The average Bonchev–Trinajstić information content (AvgIpc) is 3.01. The fourth-order valence-electron chi connectivity index (χ4n) is 2.34. The van der Waals surface area contributed by atoms with Crippen LogP contribution in [0.1, 0.15) is 28.8 Å². The third-order valence-corrected chi connectivity index (χ3v) is 4.34. The molecule has 8 heteroatoms. The summed E-state index contributed by atoms with van der Waals surface area (Å²) in [4.78, 5) is 9.02. The summed E-state index contributed by atoms with van der Waals surface area (Å²) in [5.41, 5.74) is 2.58. The highest BCUT2D eigenvalue weighted by Crippen LogP contribution is 2.12. The van der Waals surface area contributed by atoms with Crippen molar-refractivity contribution >= 4 is 41.3 Å². The van der Waals surface area contributed by atoms with Crippen molar-refractivity contribution in [3.05, 3.63) is 51.2 Å². The number of ether oxygens (including phenoxy) is 1. The fraction of sp³-hybridized carbons (Fsp3) is 0.444. The Morgan fingerprint density at radius 3 is 2.81 bits per heavy atom. The van der Waals surface area contributed by atoms with Crippen molar-refractivity contribution in [1.82, 2.24) is 15.6 Å². The van der Waals surface area contributed by atoms with E-state index in [0.717, 1.165) is 41.7 Å². The number of methoxy groups -OCH3 is 1. The van der Waals surface area contributed by atoms with Gasteiger partial charge < -0.3 is 15.4 Å². The van der Waals surface area contributed by atoms with Crippen LogP contribution in [0, 0.1) is 12.7 Å². The second kappa shape index (κ2) is 12.2. The lowest BCUT2D eigenvalue weighted by molar-refractivity contribution is 0.181. The minimum atomic E-state index is -0.252.